The summed E-state index contributed by atoms with van der Waals surface area (Å²) in [5.41, 5.74) is 2.57. The van der Waals surface area contributed by atoms with E-state index in [4.69, 9.17) is 9.47 Å². The predicted octanol–water partition coefficient (Wildman–Crippen LogP) is 2.77. The number of nitrogens with one attached hydrogen (secondary N) is 1. The van der Waals surface area contributed by atoms with Crippen LogP contribution in [-0.4, -0.2) is 49.9 Å². The van der Waals surface area contributed by atoms with E-state index in [2.05, 4.69) is 4.72 Å². The Labute approximate surface area is 190 Å². The molecule has 2 aromatic carbocycles. The zero-order valence-corrected chi connectivity index (χ0v) is 20.5. The summed E-state index contributed by atoms with van der Waals surface area (Å²) in [6.45, 7) is 4.04. The second-order valence-electron chi connectivity index (χ2n) is 7.84. The smallest absolute Gasteiger partial charge is 0.240 e. The van der Waals surface area contributed by atoms with Crippen molar-refractivity contribution in [2.45, 2.75) is 38.0 Å². The van der Waals surface area contributed by atoms with Crippen LogP contribution in [0.1, 0.15) is 29.5 Å². The highest BCUT2D eigenvalue weighted by atomic mass is 32.2. The van der Waals surface area contributed by atoms with Crippen LogP contribution in [0.2, 0.25) is 0 Å². The molecule has 0 bridgehead atoms. The van der Waals surface area contributed by atoms with E-state index < -0.39 is 20.0 Å². The minimum absolute atomic E-state index is 0.114. The lowest BCUT2D eigenvalue weighted by atomic mass is 10.1. The number of methoxy groups -OCH3 is 2. The number of ether oxygens (including phenoxy) is 2. The van der Waals surface area contributed by atoms with E-state index in [1.54, 1.807) is 46.3 Å². The molecular formula is C22H30N2O6S2. The third-order valence-corrected chi connectivity index (χ3v) is 9.01. The van der Waals surface area contributed by atoms with Gasteiger partial charge in [0, 0.05) is 13.1 Å². The zero-order chi connectivity index (χ0) is 23.5. The fourth-order valence-electron chi connectivity index (χ4n) is 3.84. The standard InChI is InChI=1S/C22H30N2O6S2/c1-16-14-22(17(2)13-19(16)24-11-5-6-12-31(24,25)26)32(27,28)23-10-9-18-7-8-20(29-3)21(15-18)30-4/h7-8,13-15,23H,5-6,9-12H2,1-4H3. The van der Waals surface area contributed by atoms with Crippen molar-refractivity contribution in [1.29, 1.82) is 0 Å². The number of nitrogens with zero attached hydrogens (tertiary/aromatic N) is 1. The summed E-state index contributed by atoms with van der Waals surface area (Å²) in [5, 5.41) is 0. The number of sulfonamides is 2. The van der Waals surface area contributed by atoms with Crippen molar-refractivity contribution >= 4 is 25.7 Å². The number of benzene rings is 2. The molecule has 1 heterocycles. The Morgan fingerprint density at radius 1 is 1.00 bits per heavy atom. The van der Waals surface area contributed by atoms with E-state index >= 15 is 0 Å². The van der Waals surface area contributed by atoms with Crippen molar-refractivity contribution in [2.75, 3.05) is 37.4 Å². The van der Waals surface area contributed by atoms with Gasteiger partial charge < -0.3 is 9.47 Å². The molecule has 3 rings (SSSR count). The van der Waals surface area contributed by atoms with Crippen molar-refractivity contribution in [2.24, 2.45) is 0 Å². The number of anilines is 1. The van der Waals surface area contributed by atoms with Gasteiger partial charge in [0.05, 0.1) is 30.6 Å². The third kappa shape index (κ3) is 5.19. The first kappa shape index (κ1) is 24.3. The zero-order valence-electron chi connectivity index (χ0n) is 18.8. The Morgan fingerprint density at radius 3 is 2.38 bits per heavy atom. The molecule has 176 valence electrons. The summed E-state index contributed by atoms with van der Waals surface area (Å²) in [7, 11) is -4.03. The first-order valence-corrected chi connectivity index (χ1v) is 13.5. The molecule has 1 fully saturated rings. The van der Waals surface area contributed by atoms with Gasteiger partial charge in [0.2, 0.25) is 20.0 Å². The summed E-state index contributed by atoms with van der Waals surface area (Å²) in [4.78, 5) is 0.153. The van der Waals surface area contributed by atoms with Gasteiger partial charge in [-0.1, -0.05) is 6.07 Å². The Hall–Kier alpha value is -2.30. The highest BCUT2D eigenvalue weighted by Crippen LogP contribution is 2.31. The second kappa shape index (κ2) is 9.68. The normalized spacial score (nSPS) is 16.1. The average molecular weight is 483 g/mol. The Morgan fingerprint density at radius 2 is 1.72 bits per heavy atom. The van der Waals surface area contributed by atoms with E-state index in [1.807, 2.05) is 12.1 Å². The van der Waals surface area contributed by atoms with Crippen molar-refractivity contribution in [3.63, 3.8) is 0 Å². The predicted molar refractivity (Wildman–Crippen MR) is 125 cm³/mol. The molecule has 0 atom stereocenters. The van der Waals surface area contributed by atoms with Crippen LogP contribution in [0.3, 0.4) is 0 Å². The molecular weight excluding hydrogens is 452 g/mol. The molecule has 0 amide bonds. The van der Waals surface area contributed by atoms with Crippen molar-refractivity contribution in [3.05, 3.63) is 47.0 Å². The van der Waals surface area contributed by atoms with Gasteiger partial charge in [-0.3, -0.25) is 4.31 Å². The molecule has 8 nitrogen and oxygen atoms in total. The molecule has 1 aliphatic heterocycles. The van der Waals surface area contributed by atoms with Gasteiger partial charge in [-0.2, -0.15) is 0 Å². The number of rotatable bonds is 8. The van der Waals surface area contributed by atoms with Crippen LogP contribution in [0.4, 0.5) is 5.69 Å². The van der Waals surface area contributed by atoms with Gasteiger partial charge in [-0.05, 0) is 74.1 Å². The van der Waals surface area contributed by atoms with E-state index in [1.165, 1.54) is 4.31 Å². The molecule has 1 N–H and O–H groups in total. The molecule has 32 heavy (non-hydrogen) atoms. The first-order chi connectivity index (χ1) is 15.1. The van der Waals surface area contributed by atoms with Crippen LogP contribution in [0, 0.1) is 13.8 Å². The maximum atomic E-state index is 12.9. The molecule has 0 radical (unpaired) electrons. The highest BCUT2D eigenvalue weighted by Gasteiger charge is 2.28. The molecule has 0 unspecified atom stereocenters. The summed E-state index contributed by atoms with van der Waals surface area (Å²) in [6.07, 6.45) is 1.91. The van der Waals surface area contributed by atoms with E-state index in [0.29, 0.717) is 47.7 Å². The van der Waals surface area contributed by atoms with Crippen molar-refractivity contribution in [1.82, 2.24) is 4.72 Å². The summed E-state index contributed by atoms with van der Waals surface area (Å²) < 4.78 is 65.4. The molecule has 0 saturated carbocycles. The van der Waals surface area contributed by atoms with Gasteiger partial charge in [0.15, 0.2) is 11.5 Å². The number of aryl methyl sites for hydroxylation is 2. The SMILES string of the molecule is COc1ccc(CCNS(=O)(=O)c2cc(C)c(N3CCCCS3(=O)=O)cc2C)cc1OC. The molecule has 0 aliphatic carbocycles. The Balaban J connectivity index is 1.76. The third-order valence-electron chi connectivity index (χ3n) is 5.55. The van der Waals surface area contributed by atoms with Gasteiger partial charge in [-0.15, -0.1) is 0 Å². The lowest BCUT2D eigenvalue weighted by molar-refractivity contribution is 0.354. The number of hydrogen-bond acceptors (Lipinski definition) is 6. The molecule has 10 heteroatoms. The van der Waals surface area contributed by atoms with Gasteiger partial charge in [0.1, 0.15) is 0 Å². The van der Waals surface area contributed by atoms with E-state index in [-0.39, 0.29) is 17.2 Å². The van der Waals surface area contributed by atoms with Crippen molar-refractivity contribution in [3.8, 4) is 11.5 Å². The van der Waals surface area contributed by atoms with E-state index in [9.17, 15) is 16.8 Å². The molecule has 1 aliphatic rings. The lowest BCUT2D eigenvalue weighted by Crippen LogP contribution is -2.38. The highest BCUT2D eigenvalue weighted by molar-refractivity contribution is 7.92. The largest absolute Gasteiger partial charge is 0.493 e. The van der Waals surface area contributed by atoms with Crippen LogP contribution < -0.4 is 18.5 Å². The van der Waals surface area contributed by atoms with Crippen molar-refractivity contribution < 1.29 is 26.3 Å². The lowest BCUT2D eigenvalue weighted by Gasteiger charge is -2.30. The average Bonchev–Trinajstić information content (AvgIpc) is 2.74. The maximum absolute atomic E-state index is 12.9. The van der Waals surface area contributed by atoms with E-state index in [0.717, 1.165) is 12.0 Å². The van der Waals surface area contributed by atoms with Crippen LogP contribution in [0.5, 0.6) is 11.5 Å². The van der Waals surface area contributed by atoms with Gasteiger partial charge in [0.25, 0.3) is 0 Å². The van der Waals surface area contributed by atoms with Gasteiger partial charge in [-0.25, -0.2) is 21.6 Å². The quantitative estimate of drug-likeness (QED) is 0.621. The Kier molecular flexibility index (Phi) is 7.36. The minimum atomic E-state index is -3.76. The molecule has 2 aromatic rings. The molecule has 0 spiro atoms. The minimum Gasteiger partial charge on any atom is -0.493 e. The topological polar surface area (TPSA) is 102 Å². The summed E-state index contributed by atoms with van der Waals surface area (Å²) >= 11 is 0. The first-order valence-electron chi connectivity index (χ1n) is 10.4. The fourth-order valence-corrected chi connectivity index (χ4v) is 6.87. The fraction of sp³-hybridized carbons (Fsp3) is 0.455. The van der Waals surface area contributed by atoms with Crippen LogP contribution in [0.25, 0.3) is 0 Å². The van der Waals surface area contributed by atoms with Crippen LogP contribution in [0.15, 0.2) is 35.2 Å². The monoisotopic (exact) mass is 482 g/mol. The van der Waals surface area contributed by atoms with Crippen LogP contribution in [-0.2, 0) is 26.5 Å². The number of hydrogen-bond donors (Lipinski definition) is 1. The maximum Gasteiger partial charge on any atom is 0.240 e. The molecule has 1 saturated heterocycles. The molecule has 0 aromatic heterocycles. The van der Waals surface area contributed by atoms with Gasteiger partial charge >= 0.3 is 0 Å². The summed E-state index contributed by atoms with van der Waals surface area (Å²) in [5.74, 6) is 1.31. The summed E-state index contributed by atoms with van der Waals surface area (Å²) in [6, 6.07) is 8.66. The van der Waals surface area contributed by atoms with Crippen LogP contribution >= 0.6 is 0 Å². The second-order valence-corrected chi connectivity index (χ2v) is 11.6. The Bertz CT molecular complexity index is 1190.